The number of rotatable bonds is 4. The Balaban J connectivity index is 1.72. The zero-order chi connectivity index (χ0) is 16.4. The number of carbonyl (C=O) groups is 1. The molecule has 118 valence electrons. The van der Waals surface area contributed by atoms with Gasteiger partial charge in [-0.3, -0.25) is 9.89 Å². The van der Waals surface area contributed by atoms with Crippen molar-refractivity contribution >= 4 is 22.5 Å². The first kappa shape index (κ1) is 15.0. The highest BCUT2D eigenvalue weighted by Gasteiger charge is 2.11. The lowest BCUT2D eigenvalue weighted by molar-refractivity contribution is -0.118. The SMILES string of the molecule is Cc1n[nH]c(C)c1CCC(=O)N=Nc1c(O)[nH]c2ccccc12. The van der Waals surface area contributed by atoms with Crippen LogP contribution in [0.4, 0.5) is 5.69 Å². The third-order valence-corrected chi connectivity index (χ3v) is 3.79. The molecule has 7 nitrogen and oxygen atoms in total. The molecule has 0 saturated heterocycles. The van der Waals surface area contributed by atoms with Gasteiger partial charge in [0.1, 0.15) is 0 Å². The Morgan fingerprint density at radius 3 is 2.83 bits per heavy atom. The molecule has 3 N–H and O–H groups in total. The maximum Gasteiger partial charge on any atom is 0.265 e. The summed E-state index contributed by atoms with van der Waals surface area (Å²) >= 11 is 0. The molecule has 23 heavy (non-hydrogen) atoms. The van der Waals surface area contributed by atoms with Crippen LogP contribution in [0.25, 0.3) is 10.9 Å². The zero-order valence-corrected chi connectivity index (χ0v) is 12.9. The minimum Gasteiger partial charge on any atom is -0.493 e. The average Bonchev–Trinajstić information content (AvgIpc) is 3.02. The molecule has 0 radical (unpaired) electrons. The largest absolute Gasteiger partial charge is 0.493 e. The van der Waals surface area contributed by atoms with Gasteiger partial charge in [0.15, 0.2) is 5.69 Å². The van der Waals surface area contributed by atoms with Crippen LogP contribution >= 0.6 is 0 Å². The highest BCUT2D eigenvalue weighted by molar-refractivity contribution is 5.94. The Labute approximate surface area is 132 Å². The first-order valence-electron chi connectivity index (χ1n) is 7.31. The van der Waals surface area contributed by atoms with E-state index in [2.05, 4.69) is 25.4 Å². The Kier molecular flexibility index (Phi) is 3.92. The van der Waals surface area contributed by atoms with Crippen LogP contribution < -0.4 is 0 Å². The van der Waals surface area contributed by atoms with Gasteiger partial charge in [-0.25, -0.2) is 0 Å². The summed E-state index contributed by atoms with van der Waals surface area (Å²) in [7, 11) is 0. The number of amides is 1. The normalized spacial score (nSPS) is 11.6. The number of H-pyrrole nitrogens is 2. The molecule has 3 aromatic rings. The monoisotopic (exact) mass is 311 g/mol. The van der Waals surface area contributed by atoms with Crippen molar-refractivity contribution in [2.24, 2.45) is 10.2 Å². The fourth-order valence-corrected chi connectivity index (χ4v) is 2.54. The summed E-state index contributed by atoms with van der Waals surface area (Å²) in [6.07, 6.45) is 0.805. The van der Waals surface area contributed by atoms with Crippen LogP contribution in [0.5, 0.6) is 5.88 Å². The van der Waals surface area contributed by atoms with Gasteiger partial charge in [-0.05, 0) is 31.9 Å². The van der Waals surface area contributed by atoms with E-state index >= 15 is 0 Å². The Bertz CT molecular complexity index is 872. The van der Waals surface area contributed by atoms with E-state index in [1.807, 2.05) is 38.1 Å². The first-order valence-corrected chi connectivity index (χ1v) is 7.31. The number of nitrogens with one attached hydrogen (secondary N) is 2. The van der Waals surface area contributed by atoms with Crippen molar-refractivity contribution in [1.82, 2.24) is 15.2 Å². The predicted molar refractivity (Wildman–Crippen MR) is 85.9 cm³/mol. The molecular formula is C16H17N5O2. The van der Waals surface area contributed by atoms with Crippen molar-refractivity contribution in [1.29, 1.82) is 0 Å². The minimum absolute atomic E-state index is 0.0933. The first-order chi connectivity index (χ1) is 11.1. The topological polar surface area (TPSA) is 106 Å². The van der Waals surface area contributed by atoms with E-state index in [1.54, 1.807) is 0 Å². The smallest absolute Gasteiger partial charge is 0.265 e. The number of carbonyl (C=O) groups excluding carboxylic acids is 1. The number of hydrogen-bond acceptors (Lipinski definition) is 4. The molecule has 0 aliphatic carbocycles. The molecule has 2 heterocycles. The van der Waals surface area contributed by atoms with Gasteiger partial charge < -0.3 is 10.1 Å². The fraction of sp³-hybridized carbons (Fsp3) is 0.250. The number of azo groups is 1. The molecule has 1 amide bonds. The van der Waals surface area contributed by atoms with Gasteiger partial charge in [0.05, 0.1) is 11.2 Å². The number of aryl methyl sites for hydroxylation is 2. The molecule has 0 aliphatic rings. The quantitative estimate of drug-likeness (QED) is 0.642. The van der Waals surface area contributed by atoms with Gasteiger partial charge in [0, 0.05) is 17.5 Å². The van der Waals surface area contributed by atoms with Crippen LogP contribution in [0.3, 0.4) is 0 Å². The van der Waals surface area contributed by atoms with E-state index in [4.69, 9.17) is 0 Å². The van der Waals surface area contributed by atoms with E-state index < -0.39 is 0 Å². The number of benzene rings is 1. The number of para-hydroxylation sites is 1. The van der Waals surface area contributed by atoms with Crippen molar-refractivity contribution in [3.63, 3.8) is 0 Å². The Morgan fingerprint density at radius 1 is 1.30 bits per heavy atom. The van der Waals surface area contributed by atoms with Gasteiger partial charge >= 0.3 is 0 Å². The molecule has 0 fully saturated rings. The molecule has 0 atom stereocenters. The van der Waals surface area contributed by atoms with E-state index in [0.29, 0.717) is 6.42 Å². The lowest BCUT2D eigenvalue weighted by atomic mass is 10.1. The second-order valence-electron chi connectivity index (χ2n) is 5.37. The minimum atomic E-state index is -0.338. The summed E-state index contributed by atoms with van der Waals surface area (Å²) in [5.74, 6) is -0.432. The van der Waals surface area contributed by atoms with Crippen LogP contribution in [-0.2, 0) is 11.2 Å². The number of aromatic hydroxyl groups is 1. The molecule has 3 rings (SSSR count). The predicted octanol–water partition coefficient (Wildman–Crippen LogP) is 3.46. The van der Waals surface area contributed by atoms with Crippen molar-refractivity contribution < 1.29 is 9.90 Å². The standard InChI is InChI=1S/C16H17N5O2/c1-9-11(10(2)19-18-9)7-8-14(22)20-21-15-12-5-3-4-6-13(12)17-16(15)23/h3-6,17,23H,7-8H2,1-2H3,(H,18,19). The summed E-state index contributed by atoms with van der Waals surface area (Å²) in [6.45, 7) is 3.82. The highest BCUT2D eigenvalue weighted by Crippen LogP contribution is 2.35. The number of aromatic amines is 2. The summed E-state index contributed by atoms with van der Waals surface area (Å²) in [5, 5.41) is 25.2. The number of hydrogen-bond donors (Lipinski definition) is 3. The molecule has 0 aliphatic heterocycles. The van der Waals surface area contributed by atoms with E-state index in [0.717, 1.165) is 27.9 Å². The van der Waals surface area contributed by atoms with Gasteiger partial charge in [-0.1, -0.05) is 18.2 Å². The maximum absolute atomic E-state index is 11.9. The summed E-state index contributed by atoms with van der Waals surface area (Å²) in [4.78, 5) is 14.7. The molecule has 2 aromatic heterocycles. The number of aromatic nitrogens is 3. The van der Waals surface area contributed by atoms with Gasteiger partial charge in [0.2, 0.25) is 5.88 Å². The lowest BCUT2D eigenvalue weighted by Gasteiger charge is -1.98. The second kappa shape index (κ2) is 6.04. The molecular weight excluding hydrogens is 294 g/mol. The second-order valence-corrected chi connectivity index (χ2v) is 5.37. The summed E-state index contributed by atoms with van der Waals surface area (Å²) < 4.78 is 0. The van der Waals surface area contributed by atoms with E-state index in [9.17, 15) is 9.90 Å². The molecule has 0 saturated carbocycles. The third-order valence-electron chi connectivity index (χ3n) is 3.79. The summed E-state index contributed by atoms with van der Waals surface area (Å²) in [5.41, 5.74) is 3.91. The van der Waals surface area contributed by atoms with Crippen molar-refractivity contribution in [3.05, 3.63) is 41.2 Å². The van der Waals surface area contributed by atoms with Crippen LogP contribution in [0.15, 0.2) is 34.5 Å². The lowest BCUT2D eigenvalue weighted by Crippen LogP contribution is -1.97. The molecule has 0 spiro atoms. The van der Waals surface area contributed by atoms with Crippen molar-refractivity contribution in [3.8, 4) is 5.88 Å². The molecule has 0 unspecified atom stereocenters. The van der Waals surface area contributed by atoms with Crippen LogP contribution in [0.2, 0.25) is 0 Å². The summed E-state index contributed by atoms with van der Waals surface area (Å²) in [6, 6.07) is 7.31. The fourth-order valence-electron chi connectivity index (χ4n) is 2.54. The molecule has 0 bridgehead atoms. The van der Waals surface area contributed by atoms with Gasteiger partial charge in [-0.15, -0.1) is 10.2 Å². The highest BCUT2D eigenvalue weighted by atomic mass is 16.3. The molecule has 7 heteroatoms. The van der Waals surface area contributed by atoms with Crippen LogP contribution in [0.1, 0.15) is 23.4 Å². The van der Waals surface area contributed by atoms with Crippen molar-refractivity contribution in [2.75, 3.05) is 0 Å². The number of fused-ring (bicyclic) bond motifs is 1. The maximum atomic E-state index is 11.9. The molecule has 1 aromatic carbocycles. The van der Waals surface area contributed by atoms with Gasteiger partial charge in [0.25, 0.3) is 5.91 Å². The zero-order valence-electron chi connectivity index (χ0n) is 12.9. The third kappa shape index (κ3) is 2.98. The van der Waals surface area contributed by atoms with Crippen molar-refractivity contribution in [2.45, 2.75) is 26.7 Å². The average molecular weight is 311 g/mol. The number of nitrogens with zero attached hydrogens (tertiary/aromatic N) is 3. The van der Waals surface area contributed by atoms with E-state index in [-0.39, 0.29) is 23.9 Å². The Hall–Kier alpha value is -2.96. The van der Waals surface area contributed by atoms with Gasteiger partial charge in [-0.2, -0.15) is 5.10 Å². The van der Waals surface area contributed by atoms with Crippen LogP contribution in [-0.4, -0.2) is 26.2 Å². The Morgan fingerprint density at radius 2 is 2.09 bits per heavy atom. The van der Waals surface area contributed by atoms with Crippen LogP contribution in [0, 0.1) is 13.8 Å². The van der Waals surface area contributed by atoms with E-state index in [1.165, 1.54) is 0 Å².